The first-order chi connectivity index (χ1) is 10.6. The fourth-order valence-corrected chi connectivity index (χ4v) is 4.08. The molecular formula is C17H21NO3S. The number of carboxylic acid groups (broad SMARTS) is 1. The van der Waals surface area contributed by atoms with Gasteiger partial charge in [-0.05, 0) is 36.3 Å². The average Bonchev–Trinajstić information content (AvgIpc) is 3.10. The van der Waals surface area contributed by atoms with Crippen LogP contribution in [0.4, 0.5) is 5.69 Å². The van der Waals surface area contributed by atoms with Gasteiger partial charge in [0.05, 0.1) is 6.42 Å². The second-order valence-corrected chi connectivity index (χ2v) is 7.06. The Morgan fingerprint density at radius 2 is 2.14 bits per heavy atom. The number of carboxylic acids is 1. The van der Waals surface area contributed by atoms with Crippen molar-refractivity contribution in [3.05, 3.63) is 23.8 Å². The molecule has 1 amide bonds. The van der Waals surface area contributed by atoms with E-state index in [4.69, 9.17) is 0 Å². The number of amides is 1. The summed E-state index contributed by atoms with van der Waals surface area (Å²) in [6.07, 6.45) is 7.40. The van der Waals surface area contributed by atoms with Gasteiger partial charge in [0, 0.05) is 10.6 Å². The Morgan fingerprint density at radius 1 is 1.41 bits per heavy atom. The fraction of sp³-hybridized carbons (Fsp3) is 0.529. The fourth-order valence-electron chi connectivity index (χ4n) is 3.65. The monoisotopic (exact) mass is 319 g/mol. The minimum absolute atomic E-state index is 0.0846. The van der Waals surface area contributed by atoms with Crippen molar-refractivity contribution in [2.45, 2.75) is 49.5 Å². The summed E-state index contributed by atoms with van der Waals surface area (Å²) in [5.41, 5.74) is 1.74. The van der Waals surface area contributed by atoms with E-state index < -0.39 is 12.0 Å². The van der Waals surface area contributed by atoms with Crippen molar-refractivity contribution in [3.8, 4) is 0 Å². The number of rotatable bonds is 5. The molecule has 1 atom stereocenters. The van der Waals surface area contributed by atoms with Crippen LogP contribution in [-0.4, -0.2) is 29.3 Å². The van der Waals surface area contributed by atoms with E-state index >= 15 is 0 Å². The summed E-state index contributed by atoms with van der Waals surface area (Å²) >= 11 is 1.61. The lowest BCUT2D eigenvalue weighted by Crippen LogP contribution is -2.44. The predicted molar refractivity (Wildman–Crippen MR) is 87.4 cm³/mol. The molecule has 0 saturated heterocycles. The molecule has 1 aliphatic carbocycles. The van der Waals surface area contributed by atoms with Crippen molar-refractivity contribution < 1.29 is 14.7 Å². The van der Waals surface area contributed by atoms with E-state index in [1.165, 1.54) is 17.7 Å². The summed E-state index contributed by atoms with van der Waals surface area (Å²) in [5.74, 6) is -0.539. The number of fused-ring (bicyclic) bond motifs is 1. The molecule has 1 aromatic carbocycles. The van der Waals surface area contributed by atoms with Crippen LogP contribution in [-0.2, 0) is 16.0 Å². The highest BCUT2D eigenvalue weighted by Gasteiger charge is 2.38. The maximum absolute atomic E-state index is 12.4. The Labute approximate surface area is 134 Å². The van der Waals surface area contributed by atoms with Crippen LogP contribution in [0.1, 0.15) is 37.7 Å². The van der Waals surface area contributed by atoms with Gasteiger partial charge in [-0.1, -0.05) is 31.7 Å². The largest absolute Gasteiger partial charge is 0.480 e. The van der Waals surface area contributed by atoms with Crippen molar-refractivity contribution in [2.75, 3.05) is 11.2 Å². The quantitative estimate of drug-likeness (QED) is 0.846. The molecule has 1 heterocycles. The smallest absolute Gasteiger partial charge is 0.326 e. The number of aliphatic carboxylic acids is 1. The topological polar surface area (TPSA) is 57.6 Å². The van der Waals surface area contributed by atoms with E-state index in [-0.39, 0.29) is 5.91 Å². The van der Waals surface area contributed by atoms with Crippen LogP contribution in [0.2, 0.25) is 0 Å². The van der Waals surface area contributed by atoms with Gasteiger partial charge in [0.15, 0.2) is 0 Å². The van der Waals surface area contributed by atoms with Crippen LogP contribution in [0.3, 0.4) is 0 Å². The lowest BCUT2D eigenvalue weighted by atomic mass is 9.97. The summed E-state index contributed by atoms with van der Waals surface area (Å²) < 4.78 is 0. The first-order valence-corrected chi connectivity index (χ1v) is 9.04. The number of hydrogen-bond acceptors (Lipinski definition) is 3. The van der Waals surface area contributed by atoms with E-state index in [2.05, 4.69) is 0 Å². The third-order valence-electron chi connectivity index (χ3n) is 4.79. The van der Waals surface area contributed by atoms with E-state index in [1.54, 1.807) is 11.8 Å². The molecule has 22 heavy (non-hydrogen) atoms. The average molecular weight is 319 g/mol. The van der Waals surface area contributed by atoms with Gasteiger partial charge in [0.25, 0.3) is 0 Å². The Morgan fingerprint density at radius 3 is 2.77 bits per heavy atom. The molecule has 1 N–H and O–H groups in total. The highest BCUT2D eigenvalue weighted by molar-refractivity contribution is 7.98. The zero-order valence-corrected chi connectivity index (χ0v) is 13.6. The number of hydrogen-bond donors (Lipinski definition) is 1. The van der Waals surface area contributed by atoms with E-state index in [1.807, 2.05) is 24.5 Å². The summed E-state index contributed by atoms with van der Waals surface area (Å²) in [4.78, 5) is 26.8. The van der Waals surface area contributed by atoms with Crippen molar-refractivity contribution in [1.82, 2.24) is 0 Å². The number of carbonyl (C=O) groups excluding carboxylic acids is 1. The number of nitrogens with zero attached hydrogens (tertiary/aromatic N) is 1. The van der Waals surface area contributed by atoms with Crippen molar-refractivity contribution in [3.63, 3.8) is 0 Å². The van der Waals surface area contributed by atoms with Gasteiger partial charge in [-0.15, -0.1) is 11.8 Å². The Hall–Kier alpha value is -1.49. The van der Waals surface area contributed by atoms with Gasteiger partial charge in [-0.2, -0.15) is 0 Å². The number of benzene rings is 1. The van der Waals surface area contributed by atoms with Gasteiger partial charge < -0.3 is 5.11 Å². The van der Waals surface area contributed by atoms with Crippen LogP contribution in [0.15, 0.2) is 23.1 Å². The molecule has 0 spiro atoms. The molecule has 4 nitrogen and oxygen atoms in total. The van der Waals surface area contributed by atoms with Crippen LogP contribution in [0, 0.1) is 5.92 Å². The van der Waals surface area contributed by atoms with Gasteiger partial charge in [-0.25, -0.2) is 4.79 Å². The molecule has 1 fully saturated rings. The second-order valence-electron chi connectivity index (χ2n) is 6.18. The predicted octanol–water partition coefficient (Wildman–Crippen LogP) is 3.33. The standard InChI is InChI=1S/C17H21NO3S/c1-22-13-7-6-12-9-16(19)18(14(12)10-13)15(17(20)21)8-11-4-2-3-5-11/h6-7,10-11,15H,2-5,8-9H2,1H3,(H,20,21). The number of anilines is 1. The van der Waals surface area contributed by atoms with Crippen molar-refractivity contribution >= 4 is 29.3 Å². The molecule has 118 valence electrons. The zero-order chi connectivity index (χ0) is 15.7. The van der Waals surface area contributed by atoms with Crippen LogP contribution in [0.5, 0.6) is 0 Å². The van der Waals surface area contributed by atoms with E-state index in [0.717, 1.165) is 29.0 Å². The summed E-state index contributed by atoms with van der Waals surface area (Å²) in [7, 11) is 0. The maximum Gasteiger partial charge on any atom is 0.326 e. The third kappa shape index (κ3) is 2.86. The first kappa shape index (κ1) is 15.4. The van der Waals surface area contributed by atoms with Crippen molar-refractivity contribution in [2.24, 2.45) is 5.92 Å². The molecule has 1 unspecified atom stereocenters. The van der Waals surface area contributed by atoms with Crippen LogP contribution >= 0.6 is 11.8 Å². The molecular weight excluding hydrogens is 298 g/mol. The lowest BCUT2D eigenvalue weighted by molar-refractivity contribution is -0.140. The van der Waals surface area contributed by atoms with Crippen molar-refractivity contribution in [1.29, 1.82) is 0 Å². The molecule has 2 aliphatic rings. The Bertz CT molecular complexity index is 596. The van der Waals surface area contributed by atoms with E-state index in [0.29, 0.717) is 18.8 Å². The molecule has 1 saturated carbocycles. The molecule has 3 rings (SSSR count). The Kier molecular flexibility index (Phi) is 4.43. The lowest BCUT2D eigenvalue weighted by Gasteiger charge is -2.27. The second kappa shape index (κ2) is 6.32. The minimum atomic E-state index is -0.886. The highest BCUT2D eigenvalue weighted by atomic mass is 32.2. The van der Waals surface area contributed by atoms with Gasteiger partial charge in [0.2, 0.25) is 5.91 Å². The molecule has 0 radical (unpaired) electrons. The number of carbonyl (C=O) groups is 2. The first-order valence-electron chi connectivity index (χ1n) is 7.82. The third-order valence-corrected chi connectivity index (χ3v) is 5.52. The number of thioether (sulfide) groups is 1. The molecule has 0 bridgehead atoms. The minimum Gasteiger partial charge on any atom is -0.480 e. The molecule has 5 heteroatoms. The van der Waals surface area contributed by atoms with Gasteiger partial charge >= 0.3 is 5.97 Å². The highest BCUT2D eigenvalue weighted by Crippen LogP contribution is 2.37. The molecule has 1 aromatic rings. The van der Waals surface area contributed by atoms with Gasteiger partial charge in [-0.3, -0.25) is 9.69 Å². The summed E-state index contributed by atoms with van der Waals surface area (Å²) in [6.45, 7) is 0. The van der Waals surface area contributed by atoms with Gasteiger partial charge in [0.1, 0.15) is 6.04 Å². The summed E-state index contributed by atoms with van der Waals surface area (Å²) in [6, 6.07) is 5.17. The zero-order valence-electron chi connectivity index (χ0n) is 12.7. The normalized spacial score (nSPS) is 19.5. The van der Waals surface area contributed by atoms with E-state index in [9.17, 15) is 14.7 Å². The van der Waals surface area contributed by atoms with Crippen LogP contribution < -0.4 is 4.90 Å². The SMILES string of the molecule is CSc1ccc2c(c1)N(C(CC1CCCC1)C(=O)O)C(=O)C2. The maximum atomic E-state index is 12.4. The molecule has 1 aliphatic heterocycles. The summed E-state index contributed by atoms with van der Waals surface area (Å²) in [5, 5.41) is 9.66. The van der Waals surface area contributed by atoms with Crippen LogP contribution in [0.25, 0.3) is 0 Å². The Balaban J connectivity index is 1.90. The molecule has 0 aromatic heterocycles.